The van der Waals surface area contributed by atoms with Crippen molar-refractivity contribution >= 4 is 5.91 Å². The van der Waals surface area contributed by atoms with E-state index in [1.807, 2.05) is 7.05 Å². The standard InChI is InChI=1S/C16H31N3O/c1-4-15-9-5-6-11-19(15)16(20)13(2)18-10-7-8-14(12-18)17-3/h13-15,17H,4-12H2,1-3H3. The number of rotatable bonds is 4. The maximum atomic E-state index is 12.8. The molecule has 1 amide bonds. The van der Waals surface area contributed by atoms with Gasteiger partial charge in [-0.25, -0.2) is 0 Å². The van der Waals surface area contributed by atoms with Crippen LogP contribution in [0.15, 0.2) is 0 Å². The first-order chi connectivity index (χ1) is 9.67. The fourth-order valence-corrected chi connectivity index (χ4v) is 3.71. The Kier molecular flexibility index (Phi) is 5.85. The normalized spacial score (nSPS) is 30.2. The zero-order chi connectivity index (χ0) is 14.5. The van der Waals surface area contributed by atoms with Crippen LogP contribution in [0.2, 0.25) is 0 Å². The first-order valence-corrected chi connectivity index (χ1v) is 8.39. The van der Waals surface area contributed by atoms with Crippen LogP contribution in [0.4, 0.5) is 0 Å². The van der Waals surface area contributed by atoms with Gasteiger partial charge in [0.05, 0.1) is 6.04 Å². The number of likely N-dealkylation sites (tertiary alicyclic amines) is 2. The molecule has 0 aromatic rings. The summed E-state index contributed by atoms with van der Waals surface area (Å²) in [7, 11) is 2.03. The van der Waals surface area contributed by atoms with Crippen molar-refractivity contribution in [3.8, 4) is 0 Å². The fraction of sp³-hybridized carbons (Fsp3) is 0.938. The van der Waals surface area contributed by atoms with Crippen molar-refractivity contribution in [3.05, 3.63) is 0 Å². The van der Waals surface area contributed by atoms with E-state index in [0.29, 0.717) is 18.0 Å². The van der Waals surface area contributed by atoms with Gasteiger partial charge in [0.2, 0.25) is 5.91 Å². The number of carbonyl (C=O) groups is 1. The number of nitrogens with one attached hydrogen (secondary N) is 1. The smallest absolute Gasteiger partial charge is 0.239 e. The Morgan fingerprint density at radius 3 is 2.75 bits per heavy atom. The molecule has 0 saturated carbocycles. The predicted molar refractivity (Wildman–Crippen MR) is 82.8 cm³/mol. The minimum Gasteiger partial charge on any atom is -0.338 e. The molecule has 2 aliphatic rings. The minimum atomic E-state index is 0.0401. The molecule has 0 radical (unpaired) electrons. The van der Waals surface area contributed by atoms with Crippen LogP contribution in [0, 0.1) is 0 Å². The Labute approximate surface area is 123 Å². The summed E-state index contributed by atoms with van der Waals surface area (Å²) in [5, 5.41) is 3.36. The topological polar surface area (TPSA) is 35.6 Å². The highest BCUT2D eigenvalue weighted by atomic mass is 16.2. The van der Waals surface area contributed by atoms with Gasteiger partial charge in [-0.15, -0.1) is 0 Å². The second-order valence-electron chi connectivity index (χ2n) is 6.39. The van der Waals surface area contributed by atoms with Crippen LogP contribution in [0.1, 0.15) is 52.4 Å². The monoisotopic (exact) mass is 281 g/mol. The second-order valence-corrected chi connectivity index (χ2v) is 6.39. The molecule has 0 aromatic heterocycles. The lowest BCUT2D eigenvalue weighted by atomic mass is 9.98. The highest BCUT2D eigenvalue weighted by Gasteiger charge is 2.33. The highest BCUT2D eigenvalue weighted by Crippen LogP contribution is 2.22. The second kappa shape index (κ2) is 7.41. The molecule has 2 aliphatic heterocycles. The molecular formula is C16H31N3O. The summed E-state index contributed by atoms with van der Waals surface area (Å²) in [6.07, 6.45) is 7.16. The van der Waals surface area contributed by atoms with E-state index in [1.165, 1.54) is 32.1 Å². The summed E-state index contributed by atoms with van der Waals surface area (Å²) < 4.78 is 0. The first kappa shape index (κ1) is 15.8. The maximum absolute atomic E-state index is 12.8. The van der Waals surface area contributed by atoms with E-state index < -0.39 is 0 Å². The van der Waals surface area contributed by atoms with Crippen molar-refractivity contribution in [2.45, 2.75) is 70.5 Å². The maximum Gasteiger partial charge on any atom is 0.239 e. The number of hydrogen-bond acceptors (Lipinski definition) is 3. The van der Waals surface area contributed by atoms with Gasteiger partial charge >= 0.3 is 0 Å². The number of piperidine rings is 2. The summed E-state index contributed by atoms with van der Waals surface area (Å²) in [6, 6.07) is 1.06. The molecule has 0 spiro atoms. The largest absolute Gasteiger partial charge is 0.338 e. The third-order valence-electron chi connectivity index (χ3n) is 5.15. The van der Waals surface area contributed by atoms with Crippen molar-refractivity contribution < 1.29 is 4.79 Å². The zero-order valence-corrected chi connectivity index (χ0v) is 13.4. The van der Waals surface area contributed by atoms with Gasteiger partial charge in [-0.1, -0.05) is 6.92 Å². The fourth-order valence-electron chi connectivity index (χ4n) is 3.71. The average Bonchev–Trinajstić information content (AvgIpc) is 2.53. The molecule has 2 fully saturated rings. The molecular weight excluding hydrogens is 250 g/mol. The van der Waals surface area contributed by atoms with Crippen molar-refractivity contribution in [2.75, 3.05) is 26.7 Å². The molecule has 1 N–H and O–H groups in total. The number of hydrogen-bond donors (Lipinski definition) is 1. The minimum absolute atomic E-state index is 0.0401. The quantitative estimate of drug-likeness (QED) is 0.854. The van der Waals surface area contributed by atoms with Crippen LogP contribution in [-0.2, 0) is 4.79 Å². The molecule has 2 rings (SSSR count). The zero-order valence-electron chi connectivity index (χ0n) is 13.4. The van der Waals surface area contributed by atoms with Crippen molar-refractivity contribution in [3.63, 3.8) is 0 Å². The van der Waals surface area contributed by atoms with Crippen LogP contribution in [0.5, 0.6) is 0 Å². The van der Waals surface area contributed by atoms with Crippen molar-refractivity contribution in [1.29, 1.82) is 0 Å². The molecule has 4 nitrogen and oxygen atoms in total. The van der Waals surface area contributed by atoms with Crippen LogP contribution < -0.4 is 5.32 Å². The van der Waals surface area contributed by atoms with E-state index in [9.17, 15) is 4.79 Å². The summed E-state index contributed by atoms with van der Waals surface area (Å²) in [5.74, 6) is 0.355. The SMILES string of the molecule is CCC1CCCCN1C(=O)C(C)N1CCCC(NC)C1. The Balaban J connectivity index is 1.96. The van der Waals surface area contributed by atoms with Gasteiger partial charge in [0.25, 0.3) is 0 Å². The van der Waals surface area contributed by atoms with Gasteiger partial charge in [-0.05, 0) is 59.0 Å². The van der Waals surface area contributed by atoms with E-state index in [2.05, 4.69) is 29.0 Å². The molecule has 2 saturated heterocycles. The Hall–Kier alpha value is -0.610. The molecule has 0 aromatic carbocycles. The van der Waals surface area contributed by atoms with Gasteiger partial charge in [0.1, 0.15) is 0 Å². The average molecular weight is 281 g/mol. The molecule has 3 atom stereocenters. The van der Waals surface area contributed by atoms with Crippen molar-refractivity contribution in [1.82, 2.24) is 15.1 Å². The summed E-state index contributed by atoms with van der Waals surface area (Å²) in [4.78, 5) is 17.4. The summed E-state index contributed by atoms with van der Waals surface area (Å²) in [6.45, 7) is 7.34. The van der Waals surface area contributed by atoms with Crippen LogP contribution >= 0.6 is 0 Å². The van der Waals surface area contributed by atoms with E-state index in [-0.39, 0.29) is 6.04 Å². The lowest BCUT2D eigenvalue weighted by molar-refractivity contribution is -0.140. The lowest BCUT2D eigenvalue weighted by Crippen LogP contribution is -2.56. The van der Waals surface area contributed by atoms with Gasteiger partial charge in [0, 0.05) is 25.2 Å². The molecule has 20 heavy (non-hydrogen) atoms. The van der Waals surface area contributed by atoms with E-state index in [1.54, 1.807) is 0 Å². The van der Waals surface area contributed by atoms with Gasteiger partial charge < -0.3 is 10.2 Å². The van der Waals surface area contributed by atoms with E-state index in [0.717, 1.165) is 26.1 Å². The van der Waals surface area contributed by atoms with Gasteiger partial charge in [-0.3, -0.25) is 9.69 Å². The highest BCUT2D eigenvalue weighted by molar-refractivity contribution is 5.82. The number of amides is 1. The number of carbonyl (C=O) groups excluding carboxylic acids is 1. The van der Waals surface area contributed by atoms with E-state index >= 15 is 0 Å². The third-order valence-corrected chi connectivity index (χ3v) is 5.15. The first-order valence-electron chi connectivity index (χ1n) is 8.39. The van der Waals surface area contributed by atoms with Crippen molar-refractivity contribution in [2.24, 2.45) is 0 Å². The lowest BCUT2D eigenvalue weighted by Gasteiger charge is -2.41. The Bertz CT molecular complexity index is 321. The predicted octanol–water partition coefficient (Wildman–Crippen LogP) is 1.85. The molecule has 0 bridgehead atoms. The van der Waals surface area contributed by atoms with Gasteiger partial charge in [-0.2, -0.15) is 0 Å². The van der Waals surface area contributed by atoms with Gasteiger partial charge in [0.15, 0.2) is 0 Å². The van der Waals surface area contributed by atoms with E-state index in [4.69, 9.17) is 0 Å². The molecule has 116 valence electrons. The van der Waals surface area contributed by atoms with Crippen LogP contribution in [0.3, 0.4) is 0 Å². The number of nitrogens with zero attached hydrogens (tertiary/aromatic N) is 2. The summed E-state index contributed by atoms with van der Waals surface area (Å²) in [5.41, 5.74) is 0. The molecule has 2 heterocycles. The third kappa shape index (κ3) is 3.53. The number of likely N-dealkylation sites (N-methyl/N-ethyl adjacent to an activating group) is 1. The molecule has 0 aliphatic carbocycles. The Morgan fingerprint density at radius 1 is 1.25 bits per heavy atom. The van der Waals surface area contributed by atoms with Crippen LogP contribution in [-0.4, -0.2) is 60.5 Å². The van der Waals surface area contributed by atoms with Crippen LogP contribution in [0.25, 0.3) is 0 Å². The molecule has 4 heteroatoms. The molecule has 3 unspecified atom stereocenters. The Morgan fingerprint density at radius 2 is 2.05 bits per heavy atom. The summed E-state index contributed by atoms with van der Waals surface area (Å²) >= 11 is 0.